The molecule has 3 rings (SSSR count). The summed E-state index contributed by atoms with van der Waals surface area (Å²) in [5.41, 5.74) is 2.21. The second kappa shape index (κ2) is 6.65. The van der Waals surface area contributed by atoms with Gasteiger partial charge in [0.05, 0.1) is 6.10 Å². The SMILES string of the molecule is C=C1CCC2CCC3=C(C2(C)C)C(O)(CC(C)=CC(O)C1)N(CC)C3=O. The van der Waals surface area contributed by atoms with Crippen molar-refractivity contribution >= 4 is 5.91 Å². The second-order valence-electron chi connectivity index (χ2n) is 8.93. The number of rotatable bonds is 1. The number of hydrogen-bond donors (Lipinski definition) is 2. The summed E-state index contributed by atoms with van der Waals surface area (Å²) in [6.45, 7) is 12.9. The van der Waals surface area contributed by atoms with Gasteiger partial charge in [-0.05, 0) is 62.9 Å². The quantitative estimate of drug-likeness (QED) is 0.702. The molecular formula is C22H33NO3. The fourth-order valence-corrected chi connectivity index (χ4v) is 5.54. The van der Waals surface area contributed by atoms with E-state index in [2.05, 4.69) is 20.4 Å². The number of carbonyl (C=O) groups excluding carboxylic acids is 1. The normalized spacial score (nSPS) is 35.2. The summed E-state index contributed by atoms with van der Waals surface area (Å²) < 4.78 is 0. The summed E-state index contributed by atoms with van der Waals surface area (Å²) in [7, 11) is 0. The van der Waals surface area contributed by atoms with Crippen LogP contribution in [0.25, 0.3) is 0 Å². The summed E-state index contributed by atoms with van der Waals surface area (Å²) in [6.07, 6.45) is 5.72. The standard InChI is InChI=1S/C22H33NO3/c1-6-23-20(25)18-10-9-16-8-7-14(2)11-17(24)12-15(3)13-22(23,26)19(18)21(16,4)5/h12,16-17,24,26H,2,6-11,13H2,1,3-5H3. The highest BCUT2D eigenvalue weighted by atomic mass is 16.3. The van der Waals surface area contributed by atoms with Crippen molar-refractivity contribution in [3.05, 3.63) is 34.9 Å². The van der Waals surface area contributed by atoms with Gasteiger partial charge in [0.1, 0.15) is 0 Å². The lowest BCUT2D eigenvalue weighted by molar-refractivity contribution is -0.143. The highest BCUT2D eigenvalue weighted by Crippen LogP contribution is 2.56. The van der Waals surface area contributed by atoms with Crippen LogP contribution in [-0.2, 0) is 4.79 Å². The van der Waals surface area contributed by atoms with E-state index in [0.29, 0.717) is 25.3 Å². The number of aliphatic hydroxyl groups excluding tert-OH is 1. The van der Waals surface area contributed by atoms with Crippen LogP contribution in [0, 0.1) is 11.3 Å². The number of fused-ring (bicyclic) bond motifs is 1. The van der Waals surface area contributed by atoms with Crippen molar-refractivity contribution in [2.45, 2.75) is 78.0 Å². The first-order valence-electron chi connectivity index (χ1n) is 9.91. The minimum atomic E-state index is -1.28. The largest absolute Gasteiger partial charge is 0.389 e. The topological polar surface area (TPSA) is 60.8 Å². The molecule has 1 amide bonds. The van der Waals surface area contributed by atoms with Crippen LogP contribution < -0.4 is 0 Å². The van der Waals surface area contributed by atoms with Gasteiger partial charge in [-0.1, -0.05) is 37.6 Å². The van der Waals surface area contributed by atoms with Gasteiger partial charge >= 0.3 is 0 Å². The number of nitrogens with zero attached hydrogens (tertiary/aromatic N) is 1. The lowest BCUT2D eigenvalue weighted by Crippen LogP contribution is -2.51. The molecule has 0 saturated carbocycles. The van der Waals surface area contributed by atoms with Gasteiger partial charge in [0.25, 0.3) is 5.91 Å². The van der Waals surface area contributed by atoms with Gasteiger partial charge in [0.15, 0.2) is 5.72 Å². The average molecular weight is 360 g/mol. The number of carbonyl (C=O) groups is 1. The Morgan fingerprint density at radius 1 is 1.31 bits per heavy atom. The zero-order valence-corrected chi connectivity index (χ0v) is 16.6. The van der Waals surface area contributed by atoms with Gasteiger partial charge in [-0.2, -0.15) is 0 Å². The summed E-state index contributed by atoms with van der Waals surface area (Å²) in [5.74, 6) is 0.388. The Bertz CT molecular complexity index is 688. The van der Waals surface area contributed by atoms with Crippen LogP contribution in [0.2, 0.25) is 0 Å². The monoisotopic (exact) mass is 359 g/mol. The maximum absolute atomic E-state index is 13.0. The molecule has 2 N–H and O–H groups in total. The Labute approximate surface area is 157 Å². The highest BCUT2D eigenvalue weighted by Gasteiger charge is 2.57. The molecule has 2 bridgehead atoms. The van der Waals surface area contributed by atoms with Gasteiger partial charge < -0.3 is 15.1 Å². The molecule has 0 radical (unpaired) electrons. The molecule has 144 valence electrons. The van der Waals surface area contributed by atoms with Gasteiger partial charge in [0.2, 0.25) is 0 Å². The van der Waals surface area contributed by atoms with Crippen LogP contribution in [0.3, 0.4) is 0 Å². The van der Waals surface area contributed by atoms with Crippen molar-refractivity contribution in [1.29, 1.82) is 0 Å². The molecule has 0 aromatic carbocycles. The van der Waals surface area contributed by atoms with Crippen LogP contribution >= 0.6 is 0 Å². The Balaban J connectivity index is 2.15. The molecule has 4 nitrogen and oxygen atoms in total. The zero-order valence-electron chi connectivity index (χ0n) is 16.6. The van der Waals surface area contributed by atoms with Crippen molar-refractivity contribution in [3.63, 3.8) is 0 Å². The van der Waals surface area contributed by atoms with Gasteiger partial charge in [0, 0.05) is 18.5 Å². The fourth-order valence-electron chi connectivity index (χ4n) is 5.54. The molecule has 0 spiro atoms. The molecule has 0 aromatic heterocycles. The summed E-state index contributed by atoms with van der Waals surface area (Å²) in [6, 6.07) is 0. The highest BCUT2D eigenvalue weighted by molar-refractivity contribution is 5.99. The average Bonchev–Trinajstić information content (AvgIpc) is 2.72. The predicted octanol–water partition coefficient (Wildman–Crippen LogP) is 3.71. The Morgan fingerprint density at radius 2 is 1.96 bits per heavy atom. The van der Waals surface area contributed by atoms with E-state index in [9.17, 15) is 15.0 Å². The molecule has 2 aliphatic carbocycles. The first kappa shape index (κ1) is 19.4. The molecule has 3 atom stereocenters. The summed E-state index contributed by atoms with van der Waals surface area (Å²) >= 11 is 0. The predicted molar refractivity (Wildman–Crippen MR) is 103 cm³/mol. The first-order chi connectivity index (χ1) is 12.1. The van der Waals surface area contributed by atoms with Crippen LogP contribution in [0.1, 0.15) is 66.2 Å². The number of amides is 1. The van der Waals surface area contributed by atoms with E-state index in [0.717, 1.165) is 48.0 Å². The lowest BCUT2D eigenvalue weighted by atomic mass is 9.61. The van der Waals surface area contributed by atoms with E-state index in [1.165, 1.54) is 0 Å². The van der Waals surface area contributed by atoms with Crippen molar-refractivity contribution < 1.29 is 15.0 Å². The second-order valence-corrected chi connectivity index (χ2v) is 8.93. The molecule has 3 unspecified atom stereocenters. The Kier molecular flexibility index (Phi) is 4.95. The smallest absolute Gasteiger partial charge is 0.252 e. The molecule has 0 saturated heterocycles. The third kappa shape index (κ3) is 2.97. The lowest BCUT2D eigenvalue weighted by Gasteiger charge is -2.47. The minimum absolute atomic E-state index is 0.0100. The minimum Gasteiger partial charge on any atom is -0.389 e. The third-order valence-corrected chi connectivity index (χ3v) is 6.72. The fraction of sp³-hybridized carbons (Fsp3) is 0.682. The Hall–Kier alpha value is -1.39. The number of hydrogen-bond acceptors (Lipinski definition) is 3. The van der Waals surface area contributed by atoms with E-state index in [1.54, 1.807) is 4.90 Å². The summed E-state index contributed by atoms with van der Waals surface area (Å²) in [4.78, 5) is 14.7. The molecule has 3 aliphatic rings. The zero-order chi connectivity index (χ0) is 19.3. The summed E-state index contributed by atoms with van der Waals surface area (Å²) in [5, 5.41) is 22.2. The van der Waals surface area contributed by atoms with Crippen molar-refractivity contribution in [2.24, 2.45) is 11.3 Å². The molecular weight excluding hydrogens is 326 g/mol. The van der Waals surface area contributed by atoms with Gasteiger partial charge in [-0.15, -0.1) is 0 Å². The molecule has 0 aromatic rings. The van der Waals surface area contributed by atoms with Crippen LogP contribution in [-0.4, -0.2) is 39.4 Å². The van der Waals surface area contributed by atoms with Crippen molar-refractivity contribution in [3.8, 4) is 0 Å². The van der Waals surface area contributed by atoms with E-state index in [4.69, 9.17) is 0 Å². The maximum Gasteiger partial charge on any atom is 0.252 e. The van der Waals surface area contributed by atoms with Crippen LogP contribution in [0.4, 0.5) is 0 Å². The van der Waals surface area contributed by atoms with Gasteiger partial charge in [-0.3, -0.25) is 4.79 Å². The third-order valence-electron chi connectivity index (χ3n) is 6.72. The van der Waals surface area contributed by atoms with E-state index >= 15 is 0 Å². The van der Waals surface area contributed by atoms with E-state index in [-0.39, 0.29) is 11.3 Å². The van der Waals surface area contributed by atoms with Crippen LogP contribution in [0.5, 0.6) is 0 Å². The van der Waals surface area contributed by atoms with Gasteiger partial charge in [-0.25, -0.2) is 0 Å². The van der Waals surface area contributed by atoms with Crippen molar-refractivity contribution in [1.82, 2.24) is 4.90 Å². The van der Waals surface area contributed by atoms with E-state index < -0.39 is 11.8 Å². The number of aliphatic hydroxyl groups is 2. The van der Waals surface area contributed by atoms with E-state index in [1.807, 2.05) is 19.9 Å². The molecule has 4 heteroatoms. The molecule has 1 aliphatic heterocycles. The molecule has 0 fully saturated rings. The Morgan fingerprint density at radius 3 is 2.62 bits per heavy atom. The molecule has 1 heterocycles. The maximum atomic E-state index is 13.0. The van der Waals surface area contributed by atoms with Crippen molar-refractivity contribution in [2.75, 3.05) is 6.54 Å². The number of likely N-dealkylation sites (N-methyl/N-ethyl adjacent to an activating group) is 1. The van der Waals surface area contributed by atoms with Crippen LogP contribution in [0.15, 0.2) is 34.9 Å². The molecule has 26 heavy (non-hydrogen) atoms. The first-order valence-corrected chi connectivity index (χ1v) is 9.91.